The van der Waals surface area contributed by atoms with Gasteiger partial charge in [-0.2, -0.15) is 5.10 Å². The Morgan fingerprint density at radius 1 is 1.22 bits per heavy atom. The van der Waals surface area contributed by atoms with E-state index in [1.165, 1.54) is 22.9 Å². The molecule has 1 saturated heterocycles. The van der Waals surface area contributed by atoms with Gasteiger partial charge in [0, 0.05) is 23.1 Å². The molecule has 166 valence electrons. The number of nitrogens with zero attached hydrogens (tertiary/aromatic N) is 3. The lowest BCUT2D eigenvalue weighted by molar-refractivity contribution is -0.113. The van der Waals surface area contributed by atoms with Crippen molar-refractivity contribution in [3.63, 3.8) is 0 Å². The summed E-state index contributed by atoms with van der Waals surface area (Å²) < 4.78 is 0. The predicted octanol–water partition coefficient (Wildman–Crippen LogP) is 3.94. The standard InChI is InChI=1S/C23H25ClN6OS/c1-14-3-6-16(7-4-14)19-12-20-22-26-27-23(29(22)9-10-30(20)28-19)32-13-21(31)25-17-8-5-15(2)18(24)11-17/h3-11,19-20,22,26,28H,12-13H2,1-2H3,(H,25,31). The Hall–Kier alpha value is -2.68. The van der Waals surface area contributed by atoms with Crippen LogP contribution in [0, 0.1) is 13.8 Å². The van der Waals surface area contributed by atoms with E-state index in [2.05, 4.69) is 62.4 Å². The van der Waals surface area contributed by atoms with Crippen LogP contribution in [0.2, 0.25) is 5.02 Å². The van der Waals surface area contributed by atoms with Crippen molar-refractivity contribution in [2.24, 2.45) is 5.10 Å². The number of hydrogen-bond donors (Lipinski definition) is 3. The largest absolute Gasteiger partial charge is 0.325 e. The number of hydrogen-bond acceptors (Lipinski definition) is 7. The van der Waals surface area contributed by atoms with E-state index in [1.807, 2.05) is 31.5 Å². The molecular formula is C23H25ClN6OS. The third kappa shape index (κ3) is 4.18. The Morgan fingerprint density at radius 3 is 2.81 bits per heavy atom. The molecule has 0 aliphatic carbocycles. The lowest BCUT2D eigenvalue weighted by Crippen LogP contribution is -2.54. The number of anilines is 1. The second-order valence-corrected chi connectivity index (χ2v) is 9.63. The van der Waals surface area contributed by atoms with Crippen molar-refractivity contribution < 1.29 is 4.79 Å². The first kappa shape index (κ1) is 21.2. The molecule has 0 saturated carbocycles. The summed E-state index contributed by atoms with van der Waals surface area (Å²) in [6.45, 7) is 4.03. The Kier molecular flexibility index (Phi) is 5.75. The fourth-order valence-corrected chi connectivity index (χ4v) is 5.12. The number of nitrogens with one attached hydrogen (secondary N) is 3. The number of benzene rings is 2. The smallest absolute Gasteiger partial charge is 0.234 e. The molecule has 3 N–H and O–H groups in total. The minimum absolute atomic E-state index is 0.0319. The number of thioether (sulfide) groups is 1. The Bertz CT molecular complexity index is 1090. The zero-order valence-electron chi connectivity index (χ0n) is 17.9. The number of hydrazine groups is 1. The second-order valence-electron chi connectivity index (χ2n) is 8.28. The molecule has 3 unspecified atom stereocenters. The predicted molar refractivity (Wildman–Crippen MR) is 130 cm³/mol. The van der Waals surface area contributed by atoms with Crippen LogP contribution >= 0.6 is 23.4 Å². The highest BCUT2D eigenvalue weighted by atomic mass is 35.5. The molecule has 1 amide bonds. The quantitative estimate of drug-likeness (QED) is 0.631. The van der Waals surface area contributed by atoms with Crippen LogP contribution in [0.5, 0.6) is 0 Å². The number of fused-ring (bicyclic) bond motifs is 3. The molecule has 32 heavy (non-hydrogen) atoms. The maximum atomic E-state index is 12.4. The van der Waals surface area contributed by atoms with E-state index >= 15 is 0 Å². The van der Waals surface area contributed by atoms with Crippen molar-refractivity contribution in [1.82, 2.24) is 20.8 Å². The molecule has 2 aromatic rings. The Labute approximate surface area is 196 Å². The Morgan fingerprint density at radius 2 is 2.03 bits per heavy atom. The third-order valence-electron chi connectivity index (χ3n) is 5.97. The average Bonchev–Trinajstić information content (AvgIpc) is 3.39. The van der Waals surface area contributed by atoms with Crippen molar-refractivity contribution in [3.8, 4) is 0 Å². The fourth-order valence-electron chi connectivity index (χ4n) is 4.16. The van der Waals surface area contributed by atoms with Crippen LogP contribution in [0.3, 0.4) is 0 Å². The van der Waals surface area contributed by atoms with Crippen molar-refractivity contribution in [1.29, 1.82) is 0 Å². The number of aryl methyl sites for hydroxylation is 2. The summed E-state index contributed by atoms with van der Waals surface area (Å²) in [5, 5.41) is 11.0. The topological polar surface area (TPSA) is 72.0 Å². The van der Waals surface area contributed by atoms with Crippen LogP contribution in [0.15, 0.2) is 60.0 Å². The van der Waals surface area contributed by atoms with Gasteiger partial charge in [-0.25, -0.2) is 5.43 Å². The second kappa shape index (κ2) is 8.69. The van der Waals surface area contributed by atoms with Gasteiger partial charge in [-0.3, -0.25) is 10.2 Å². The van der Waals surface area contributed by atoms with Gasteiger partial charge in [0.25, 0.3) is 0 Å². The zero-order chi connectivity index (χ0) is 22.2. The minimum Gasteiger partial charge on any atom is -0.325 e. The van der Waals surface area contributed by atoms with E-state index in [0.717, 1.165) is 17.2 Å². The molecule has 3 aliphatic rings. The molecule has 2 aromatic carbocycles. The minimum atomic E-state index is -0.0920. The normalized spacial score (nSPS) is 23.5. The van der Waals surface area contributed by atoms with Gasteiger partial charge in [-0.1, -0.05) is 59.3 Å². The summed E-state index contributed by atoms with van der Waals surface area (Å²) in [7, 11) is 0. The van der Waals surface area contributed by atoms with Crippen molar-refractivity contribution >= 4 is 40.1 Å². The van der Waals surface area contributed by atoms with E-state index < -0.39 is 0 Å². The molecule has 3 aliphatic heterocycles. The number of rotatable bonds is 4. The Balaban J connectivity index is 1.18. The average molecular weight is 469 g/mol. The van der Waals surface area contributed by atoms with Gasteiger partial charge in [-0.05, 0) is 43.5 Å². The van der Waals surface area contributed by atoms with Gasteiger partial charge in [0.05, 0.1) is 17.8 Å². The van der Waals surface area contributed by atoms with Crippen LogP contribution in [-0.2, 0) is 4.79 Å². The third-order valence-corrected chi connectivity index (χ3v) is 7.35. The van der Waals surface area contributed by atoms with Crippen LogP contribution < -0.4 is 16.2 Å². The molecule has 3 heterocycles. The van der Waals surface area contributed by atoms with Crippen molar-refractivity contribution in [2.75, 3.05) is 11.1 Å². The van der Waals surface area contributed by atoms with E-state index in [-0.39, 0.29) is 29.9 Å². The van der Waals surface area contributed by atoms with Crippen LogP contribution in [0.1, 0.15) is 29.2 Å². The summed E-state index contributed by atoms with van der Waals surface area (Å²) >= 11 is 7.56. The van der Waals surface area contributed by atoms with Crippen molar-refractivity contribution in [3.05, 3.63) is 76.6 Å². The van der Waals surface area contributed by atoms with E-state index in [4.69, 9.17) is 11.6 Å². The first-order chi connectivity index (χ1) is 15.5. The lowest BCUT2D eigenvalue weighted by Gasteiger charge is -2.36. The molecule has 0 bridgehead atoms. The zero-order valence-corrected chi connectivity index (χ0v) is 19.5. The first-order valence-corrected chi connectivity index (χ1v) is 11.9. The van der Waals surface area contributed by atoms with Crippen LogP contribution in [0.4, 0.5) is 5.69 Å². The number of halogens is 1. The number of amides is 1. The number of hydrazone groups is 1. The van der Waals surface area contributed by atoms with E-state index in [9.17, 15) is 4.79 Å². The lowest BCUT2D eigenvalue weighted by atomic mass is 9.99. The molecule has 5 rings (SSSR count). The van der Waals surface area contributed by atoms with Gasteiger partial charge in [0.1, 0.15) is 6.17 Å². The summed E-state index contributed by atoms with van der Waals surface area (Å²) in [5.41, 5.74) is 11.1. The van der Waals surface area contributed by atoms with Gasteiger partial charge < -0.3 is 15.2 Å². The molecular weight excluding hydrogens is 444 g/mol. The highest BCUT2D eigenvalue weighted by Crippen LogP contribution is 2.35. The van der Waals surface area contributed by atoms with Gasteiger partial charge >= 0.3 is 0 Å². The van der Waals surface area contributed by atoms with E-state index in [1.54, 1.807) is 6.07 Å². The maximum absolute atomic E-state index is 12.4. The SMILES string of the molecule is Cc1ccc(C2CC3C4NN=C(SCC(=O)Nc5ccc(C)c(Cl)c5)N4C=CN3N2)cc1. The molecule has 3 atom stereocenters. The number of amidine groups is 1. The highest BCUT2D eigenvalue weighted by molar-refractivity contribution is 8.14. The summed E-state index contributed by atoms with van der Waals surface area (Å²) in [6, 6.07) is 14.7. The van der Waals surface area contributed by atoms with E-state index in [0.29, 0.717) is 10.7 Å². The molecule has 0 aromatic heterocycles. The van der Waals surface area contributed by atoms with Gasteiger partial charge in [-0.15, -0.1) is 0 Å². The summed E-state index contributed by atoms with van der Waals surface area (Å²) in [6.07, 6.45) is 5.05. The monoisotopic (exact) mass is 468 g/mol. The van der Waals surface area contributed by atoms with Gasteiger partial charge in [0.2, 0.25) is 5.91 Å². The van der Waals surface area contributed by atoms with Crippen LogP contribution in [-0.4, -0.2) is 38.9 Å². The molecule has 7 nitrogen and oxygen atoms in total. The number of carbonyl (C=O) groups excluding carboxylic acids is 1. The first-order valence-electron chi connectivity index (χ1n) is 10.6. The highest BCUT2D eigenvalue weighted by Gasteiger charge is 2.44. The molecule has 9 heteroatoms. The van der Waals surface area contributed by atoms with Gasteiger partial charge in [0.15, 0.2) is 5.17 Å². The van der Waals surface area contributed by atoms with Crippen LogP contribution in [0.25, 0.3) is 0 Å². The summed E-state index contributed by atoms with van der Waals surface area (Å²) in [4.78, 5) is 14.5. The maximum Gasteiger partial charge on any atom is 0.234 e. The number of carbonyl (C=O) groups is 1. The molecule has 1 fully saturated rings. The molecule has 0 spiro atoms. The fraction of sp³-hybridized carbons (Fsp3) is 0.304. The van der Waals surface area contributed by atoms with Crippen molar-refractivity contribution in [2.45, 2.75) is 38.5 Å². The molecule has 0 radical (unpaired) electrons. The summed E-state index contributed by atoms with van der Waals surface area (Å²) in [5.74, 6) is 0.174.